The SMILES string of the molecule is Cc1sc(Br)cc1C(Cl)c1cc(Br)ccc1Br. The van der Waals surface area contributed by atoms with E-state index in [2.05, 4.69) is 60.8 Å². The molecule has 0 amide bonds. The van der Waals surface area contributed by atoms with Crippen LogP contribution in [0.1, 0.15) is 21.4 Å². The van der Waals surface area contributed by atoms with Gasteiger partial charge >= 0.3 is 0 Å². The molecule has 0 saturated carbocycles. The van der Waals surface area contributed by atoms with Gasteiger partial charge in [-0.2, -0.15) is 0 Å². The lowest BCUT2D eigenvalue weighted by Gasteiger charge is -2.12. The van der Waals surface area contributed by atoms with Gasteiger partial charge in [-0.25, -0.2) is 0 Å². The summed E-state index contributed by atoms with van der Waals surface area (Å²) in [7, 11) is 0. The number of alkyl halides is 1. The number of hydrogen-bond acceptors (Lipinski definition) is 1. The van der Waals surface area contributed by atoms with Gasteiger partial charge < -0.3 is 0 Å². The van der Waals surface area contributed by atoms with Crippen molar-refractivity contribution in [3.05, 3.63) is 53.0 Å². The third-order valence-electron chi connectivity index (χ3n) is 2.43. The van der Waals surface area contributed by atoms with Gasteiger partial charge in [-0.1, -0.05) is 31.9 Å². The minimum absolute atomic E-state index is 0.135. The van der Waals surface area contributed by atoms with E-state index in [4.69, 9.17) is 11.6 Å². The largest absolute Gasteiger partial charge is 0.133 e. The number of hydrogen-bond donors (Lipinski definition) is 0. The Morgan fingerprint density at radius 2 is 1.82 bits per heavy atom. The number of halogens is 4. The van der Waals surface area contributed by atoms with Crippen molar-refractivity contribution >= 4 is 70.7 Å². The molecule has 0 saturated heterocycles. The molecule has 0 nitrogen and oxygen atoms in total. The van der Waals surface area contributed by atoms with Gasteiger partial charge in [-0.15, -0.1) is 22.9 Å². The highest BCUT2D eigenvalue weighted by Gasteiger charge is 2.18. The van der Waals surface area contributed by atoms with Crippen LogP contribution in [0.3, 0.4) is 0 Å². The molecule has 90 valence electrons. The summed E-state index contributed by atoms with van der Waals surface area (Å²) < 4.78 is 3.18. The van der Waals surface area contributed by atoms with Crippen LogP contribution in [0.2, 0.25) is 0 Å². The van der Waals surface area contributed by atoms with Gasteiger partial charge in [0.05, 0.1) is 9.16 Å². The first-order valence-corrected chi connectivity index (χ1v) is 8.47. The molecule has 0 bridgehead atoms. The summed E-state index contributed by atoms with van der Waals surface area (Å²) in [6.45, 7) is 2.09. The molecule has 5 heteroatoms. The summed E-state index contributed by atoms with van der Waals surface area (Å²) in [5, 5.41) is -0.135. The number of thiophene rings is 1. The third-order valence-corrected chi connectivity index (χ3v) is 5.69. The van der Waals surface area contributed by atoms with Crippen LogP contribution in [0.5, 0.6) is 0 Å². The van der Waals surface area contributed by atoms with Crippen LogP contribution in [0.4, 0.5) is 0 Å². The molecular weight excluding hydrogens is 451 g/mol. The van der Waals surface area contributed by atoms with Crippen LogP contribution in [-0.2, 0) is 0 Å². The van der Waals surface area contributed by atoms with E-state index in [0.717, 1.165) is 23.9 Å². The summed E-state index contributed by atoms with van der Waals surface area (Å²) in [6.07, 6.45) is 0. The lowest BCUT2D eigenvalue weighted by atomic mass is 10.1. The fourth-order valence-electron chi connectivity index (χ4n) is 1.59. The standard InChI is InChI=1S/C12H8Br3ClS/c1-6-8(5-11(15)17-6)12(16)9-4-7(13)2-3-10(9)14/h2-5,12H,1H3. The van der Waals surface area contributed by atoms with Crippen molar-refractivity contribution in [1.29, 1.82) is 0 Å². The first kappa shape index (κ1) is 14.1. The molecule has 1 aromatic heterocycles. The zero-order chi connectivity index (χ0) is 12.6. The minimum atomic E-state index is -0.135. The summed E-state index contributed by atoms with van der Waals surface area (Å²) in [4.78, 5) is 1.24. The minimum Gasteiger partial charge on any atom is -0.133 e. The van der Waals surface area contributed by atoms with Crippen LogP contribution in [0.25, 0.3) is 0 Å². The molecule has 1 heterocycles. The van der Waals surface area contributed by atoms with E-state index in [1.54, 1.807) is 11.3 Å². The highest BCUT2D eigenvalue weighted by Crippen LogP contribution is 2.40. The molecule has 0 aliphatic heterocycles. The third kappa shape index (κ3) is 3.16. The predicted molar refractivity (Wildman–Crippen MR) is 86.3 cm³/mol. The normalized spacial score (nSPS) is 12.8. The van der Waals surface area contributed by atoms with Crippen LogP contribution >= 0.6 is 70.7 Å². The molecule has 0 fully saturated rings. The fraction of sp³-hybridized carbons (Fsp3) is 0.167. The zero-order valence-corrected chi connectivity index (χ0v) is 15.1. The Kier molecular flexibility index (Phi) is 4.75. The van der Waals surface area contributed by atoms with Crippen LogP contribution in [-0.4, -0.2) is 0 Å². The first-order chi connectivity index (χ1) is 7.99. The number of benzene rings is 1. The Hall–Kier alpha value is 0.650. The van der Waals surface area contributed by atoms with Crippen molar-refractivity contribution in [2.75, 3.05) is 0 Å². The summed E-state index contributed by atoms with van der Waals surface area (Å²) in [5.41, 5.74) is 2.23. The molecule has 0 aliphatic rings. The van der Waals surface area contributed by atoms with Crippen LogP contribution in [0.15, 0.2) is 37.0 Å². The van der Waals surface area contributed by atoms with Crippen molar-refractivity contribution in [1.82, 2.24) is 0 Å². The van der Waals surface area contributed by atoms with Gasteiger partial charge in [0.2, 0.25) is 0 Å². The van der Waals surface area contributed by atoms with Gasteiger partial charge in [0.15, 0.2) is 0 Å². The molecule has 17 heavy (non-hydrogen) atoms. The van der Waals surface area contributed by atoms with E-state index in [1.807, 2.05) is 18.2 Å². The Morgan fingerprint density at radius 1 is 1.12 bits per heavy atom. The van der Waals surface area contributed by atoms with Crippen molar-refractivity contribution in [2.24, 2.45) is 0 Å². The van der Waals surface area contributed by atoms with Crippen molar-refractivity contribution in [3.8, 4) is 0 Å². The Balaban J connectivity index is 2.46. The van der Waals surface area contributed by atoms with E-state index in [1.165, 1.54) is 4.88 Å². The molecule has 1 unspecified atom stereocenters. The highest BCUT2D eigenvalue weighted by atomic mass is 79.9. The Bertz CT molecular complexity index is 551. The number of rotatable bonds is 2. The topological polar surface area (TPSA) is 0 Å². The summed E-state index contributed by atoms with van der Waals surface area (Å²) in [5.74, 6) is 0. The lowest BCUT2D eigenvalue weighted by Crippen LogP contribution is -1.94. The van der Waals surface area contributed by atoms with Gasteiger partial charge in [0.1, 0.15) is 0 Å². The van der Waals surface area contributed by atoms with Crippen molar-refractivity contribution < 1.29 is 0 Å². The molecule has 1 aromatic carbocycles. The average Bonchev–Trinajstić information content (AvgIpc) is 2.60. The van der Waals surface area contributed by atoms with Gasteiger partial charge in [-0.3, -0.25) is 0 Å². The zero-order valence-electron chi connectivity index (χ0n) is 8.81. The Labute approximate surface area is 135 Å². The van der Waals surface area contributed by atoms with E-state index < -0.39 is 0 Å². The lowest BCUT2D eigenvalue weighted by molar-refractivity contribution is 1.12. The first-order valence-electron chi connectivity index (χ1n) is 4.84. The molecule has 2 rings (SSSR count). The van der Waals surface area contributed by atoms with Crippen molar-refractivity contribution in [3.63, 3.8) is 0 Å². The second-order valence-corrected chi connectivity index (χ2v) is 8.43. The summed E-state index contributed by atoms with van der Waals surface area (Å²) >= 11 is 18.8. The molecule has 1 atom stereocenters. The molecular formula is C12H8Br3ClS. The molecule has 0 N–H and O–H groups in total. The van der Waals surface area contributed by atoms with E-state index in [0.29, 0.717) is 0 Å². The van der Waals surface area contributed by atoms with Gasteiger partial charge in [0, 0.05) is 13.8 Å². The second kappa shape index (κ2) is 5.74. The van der Waals surface area contributed by atoms with Crippen LogP contribution < -0.4 is 0 Å². The average molecular weight is 459 g/mol. The van der Waals surface area contributed by atoms with Gasteiger partial charge in [-0.05, 0) is 58.2 Å². The smallest absolute Gasteiger partial charge is 0.0857 e. The van der Waals surface area contributed by atoms with Gasteiger partial charge in [0.25, 0.3) is 0 Å². The molecule has 2 aromatic rings. The second-order valence-electron chi connectivity index (χ2n) is 3.59. The fourth-order valence-corrected chi connectivity index (χ4v) is 4.79. The monoisotopic (exact) mass is 456 g/mol. The van der Waals surface area contributed by atoms with E-state index in [-0.39, 0.29) is 5.38 Å². The molecule has 0 aliphatic carbocycles. The predicted octanol–water partition coefficient (Wildman–Crippen LogP) is 6.67. The maximum absolute atomic E-state index is 6.56. The van der Waals surface area contributed by atoms with E-state index in [9.17, 15) is 0 Å². The highest BCUT2D eigenvalue weighted by molar-refractivity contribution is 9.11. The maximum Gasteiger partial charge on any atom is 0.0857 e. The van der Waals surface area contributed by atoms with Crippen LogP contribution in [0, 0.1) is 6.92 Å². The molecule has 0 spiro atoms. The Morgan fingerprint density at radius 3 is 2.41 bits per heavy atom. The number of aryl methyl sites for hydroxylation is 1. The molecule has 0 radical (unpaired) electrons. The summed E-state index contributed by atoms with van der Waals surface area (Å²) in [6, 6.07) is 8.14. The van der Waals surface area contributed by atoms with E-state index >= 15 is 0 Å². The quantitative estimate of drug-likeness (QED) is 0.440. The maximum atomic E-state index is 6.56. The van der Waals surface area contributed by atoms with Crippen molar-refractivity contribution in [2.45, 2.75) is 12.3 Å².